The van der Waals surface area contributed by atoms with Gasteiger partial charge in [-0.1, -0.05) is 31.9 Å². The van der Waals surface area contributed by atoms with Crippen molar-refractivity contribution in [2.75, 3.05) is 11.9 Å². The molecule has 140 valence electrons. The van der Waals surface area contributed by atoms with Crippen molar-refractivity contribution in [1.82, 2.24) is 25.4 Å². The highest BCUT2D eigenvalue weighted by Gasteiger charge is 2.20. The summed E-state index contributed by atoms with van der Waals surface area (Å²) in [5, 5.41) is 12.3. The molecule has 3 amide bonds. The molecule has 8 nitrogen and oxygen atoms in total. The van der Waals surface area contributed by atoms with Crippen molar-refractivity contribution in [2.24, 2.45) is 0 Å². The van der Waals surface area contributed by atoms with E-state index in [1.165, 1.54) is 6.33 Å². The number of unbranched alkanes of at least 4 members (excludes halogenated alkanes) is 1. The zero-order valence-electron chi connectivity index (χ0n) is 15.2. The predicted octanol–water partition coefficient (Wildman–Crippen LogP) is 2.14. The summed E-state index contributed by atoms with van der Waals surface area (Å²) < 4.78 is 1.73. The molecule has 26 heavy (non-hydrogen) atoms. The monoisotopic (exact) mass is 358 g/mol. The molecule has 0 aliphatic heterocycles. The van der Waals surface area contributed by atoms with Gasteiger partial charge in [-0.25, -0.2) is 14.5 Å². The van der Waals surface area contributed by atoms with Gasteiger partial charge in [0.2, 0.25) is 5.91 Å². The lowest BCUT2D eigenvalue weighted by Gasteiger charge is -2.18. The summed E-state index contributed by atoms with van der Waals surface area (Å²) in [7, 11) is 0. The van der Waals surface area contributed by atoms with Gasteiger partial charge in [0.1, 0.15) is 18.7 Å². The molecular weight excluding hydrogens is 332 g/mol. The van der Waals surface area contributed by atoms with Gasteiger partial charge in [-0.2, -0.15) is 5.10 Å². The SMILES string of the molecule is CCCCC(NC(=O)NCC)C(=O)Nc1ccc(Cn2cncn2)cc1. The van der Waals surface area contributed by atoms with Crippen LogP contribution in [0.1, 0.15) is 38.7 Å². The average molecular weight is 358 g/mol. The number of amides is 3. The van der Waals surface area contributed by atoms with Crippen molar-refractivity contribution in [3.8, 4) is 0 Å². The van der Waals surface area contributed by atoms with E-state index in [0.29, 0.717) is 25.2 Å². The summed E-state index contributed by atoms with van der Waals surface area (Å²) in [4.78, 5) is 28.2. The molecule has 0 bridgehead atoms. The normalized spacial score (nSPS) is 11.6. The summed E-state index contributed by atoms with van der Waals surface area (Å²) in [6, 6.07) is 6.65. The summed E-state index contributed by atoms with van der Waals surface area (Å²) in [5.74, 6) is -0.214. The standard InChI is InChI=1S/C18H26N6O2/c1-3-5-6-16(23-18(26)20-4-2)17(25)22-15-9-7-14(8-10-15)11-24-13-19-12-21-24/h7-10,12-13,16H,3-6,11H2,1-2H3,(H,22,25)(H2,20,23,26). The Labute approximate surface area is 153 Å². The van der Waals surface area contributed by atoms with Crippen molar-refractivity contribution in [2.45, 2.75) is 45.7 Å². The number of nitrogens with zero attached hydrogens (tertiary/aromatic N) is 3. The van der Waals surface area contributed by atoms with Gasteiger partial charge in [-0.15, -0.1) is 0 Å². The number of hydrogen-bond acceptors (Lipinski definition) is 4. The molecule has 2 aromatic rings. The van der Waals surface area contributed by atoms with Gasteiger partial charge in [0.15, 0.2) is 0 Å². The second-order valence-electron chi connectivity index (χ2n) is 5.98. The van der Waals surface area contributed by atoms with Gasteiger partial charge in [0, 0.05) is 12.2 Å². The van der Waals surface area contributed by atoms with Crippen LogP contribution >= 0.6 is 0 Å². The van der Waals surface area contributed by atoms with Gasteiger partial charge < -0.3 is 16.0 Å². The minimum atomic E-state index is -0.559. The maximum Gasteiger partial charge on any atom is 0.315 e. The first-order chi connectivity index (χ1) is 12.6. The molecule has 0 aliphatic carbocycles. The van der Waals surface area contributed by atoms with Gasteiger partial charge in [-0.05, 0) is 31.0 Å². The lowest BCUT2D eigenvalue weighted by molar-refractivity contribution is -0.118. The van der Waals surface area contributed by atoms with Crippen molar-refractivity contribution < 1.29 is 9.59 Å². The Morgan fingerprint density at radius 1 is 1.19 bits per heavy atom. The van der Waals surface area contributed by atoms with Crippen LogP contribution < -0.4 is 16.0 Å². The molecule has 1 heterocycles. The Hall–Kier alpha value is -2.90. The van der Waals surface area contributed by atoms with E-state index >= 15 is 0 Å². The quantitative estimate of drug-likeness (QED) is 0.639. The van der Waals surface area contributed by atoms with E-state index in [4.69, 9.17) is 0 Å². The first-order valence-corrected chi connectivity index (χ1v) is 8.89. The molecule has 0 spiro atoms. The fourth-order valence-electron chi connectivity index (χ4n) is 2.47. The Kier molecular flexibility index (Phi) is 7.60. The third-order valence-electron chi connectivity index (χ3n) is 3.84. The molecule has 3 N–H and O–H groups in total. The number of nitrogens with one attached hydrogen (secondary N) is 3. The van der Waals surface area contributed by atoms with E-state index in [9.17, 15) is 9.59 Å². The Bertz CT molecular complexity index is 684. The largest absolute Gasteiger partial charge is 0.338 e. The summed E-state index contributed by atoms with van der Waals surface area (Å²) in [6.07, 6.45) is 5.57. The summed E-state index contributed by atoms with van der Waals surface area (Å²) in [6.45, 7) is 5.02. The van der Waals surface area contributed by atoms with Crippen LogP contribution in [0.25, 0.3) is 0 Å². The average Bonchev–Trinajstić information content (AvgIpc) is 3.13. The van der Waals surface area contributed by atoms with Crippen molar-refractivity contribution in [3.63, 3.8) is 0 Å². The molecule has 1 aromatic heterocycles. The molecule has 2 rings (SSSR count). The predicted molar refractivity (Wildman–Crippen MR) is 99.7 cm³/mol. The van der Waals surface area contributed by atoms with Crippen molar-refractivity contribution in [1.29, 1.82) is 0 Å². The van der Waals surface area contributed by atoms with Crippen molar-refractivity contribution in [3.05, 3.63) is 42.5 Å². The molecule has 0 fully saturated rings. The van der Waals surface area contributed by atoms with Gasteiger partial charge in [-0.3, -0.25) is 4.79 Å². The van der Waals surface area contributed by atoms with Crippen LogP contribution in [0.3, 0.4) is 0 Å². The lowest BCUT2D eigenvalue weighted by atomic mass is 10.1. The molecule has 1 unspecified atom stereocenters. The molecule has 0 radical (unpaired) electrons. The number of carbonyl (C=O) groups is 2. The van der Waals surface area contributed by atoms with Crippen molar-refractivity contribution >= 4 is 17.6 Å². The van der Waals surface area contributed by atoms with Gasteiger partial charge >= 0.3 is 6.03 Å². The molecular formula is C18H26N6O2. The van der Waals surface area contributed by atoms with E-state index in [2.05, 4.69) is 33.0 Å². The minimum absolute atomic E-state index is 0.214. The van der Waals surface area contributed by atoms with E-state index in [1.807, 2.05) is 31.2 Å². The Morgan fingerprint density at radius 3 is 2.58 bits per heavy atom. The van der Waals surface area contributed by atoms with Crippen LogP contribution in [-0.2, 0) is 11.3 Å². The van der Waals surface area contributed by atoms with E-state index in [0.717, 1.165) is 18.4 Å². The van der Waals surface area contributed by atoms with Crippen LogP contribution in [0.15, 0.2) is 36.9 Å². The zero-order valence-corrected chi connectivity index (χ0v) is 15.2. The third kappa shape index (κ3) is 6.19. The van der Waals surface area contributed by atoms with Gasteiger partial charge in [0.25, 0.3) is 0 Å². The number of aromatic nitrogens is 3. The number of benzene rings is 1. The van der Waals surface area contributed by atoms with E-state index in [-0.39, 0.29) is 11.9 Å². The second-order valence-corrected chi connectivity index (χ2v) is 5.98. The first kappa shape index (κ1) is 19.4. The molecule has 0 aliphatic rings. The smallest absolute Gasteiger partial charge is 0.315 e. The lowest BCUT2D eigenvalue weighted by Crippen LogP contribution is -2.47. The maximum atomic E-state index is 12.5. The number of hydrogen-bond donors (Lipinski definition) is 3. The fraction of sp³-hybridized carbons (Fsp3) is 0.444. The topological polar surface area (TPSA) is 101 Å². The van der Waals surface area contributed by atoms with E-state index in [1.54, 1.807) is 11.0 Å². The number of urea groups is 1. The molecule has 8 heteroatoms. The van der Waals surface area contributed by atoms with Gasteiger partial charge in [0.05, 0.1) is 6.54 Å². The molecule has 1 atom stereocenters. The van der Waals surface area contributed by atoms with Crippen LogP contribution in [0.4, 0.5) is 10.5 Å². The highest BCUT2D eigenvalue weighted by molar-refractivity contribution is 5.96. The Morgan fingerprint density at radius 2 is 1.96 bits per heavy atom. The van der Waals surface area contributed by atoms with Crippen LogP contribution in [-0.4, -0.2) is 39.3 Å². The van der Waals surface area contributed by atoms with Crippen LogP contribution in [0, 0.1) is 0 Å². The highest BCUT2D eigenvalue weighted by Crippen LogP contribution is 2.12. The fourth-order valence-corrected chi connectivity index (χ4v) is 2.47. The third-order valence-corrected chi connectivity index (χ3v) is 3.84. The molecule has 0 saturated carbocycles. The molecule has 1 aromatic carbocycles. The highest BCUT2D eigenvalue weighted by atomic mass is 16.2. The number of carbonyl (C=O) groups excluding carboxylic acids is 2. The molecule has 0 saturated heterocycles. The van der Waals surface area contributed by atoms with E-state index < -0.39 is 6.04 Å². The summed E-state index contributed by atoms with van der Waals surface area (Å²) >= 11 is 0. The number of rotatable bonds is 9. The second kappa shape index (κ2) is 10.2. The number of anilines is 1. The van der Waals surface area contributed by atoms with Crippen LogP contribution in [0.2, 0.25) is 0 Å². The van der Waals surface area contributed by atoms with Crippen LogP contribution in [0.5, 0.6) is 0 Å². The summed E-state index contributed by atoms with van der Waals surface area (Å²) in [5.41, 5.74) is 1.74. The maximum absolute atomic E-state index is 12.5. The first-order valence-electron chi connectivity index (χ1n) is 8.89. The Balaban J connectivity index is 1.94. The minimum Gasteiger partial charge on any atom is -0.338 e. The zero-order chi connectivity index (χ0) is 18.8.